The quantitative estimate of drug-likeness (QED) is 0.532. The van der Waals surface area contributed by atoms with E-state index in [1.165, 1.54) is 4.68 Å². The van der Waals surface area contributed by atoms with Crippen molar-refractivity contribution < 1.29 is 18.0 Å². The molecule has 0 bridgehead atoms. The van der Waals surface area contributed by atoms with Crippen molar-refractivity contribution in [1.29, 1.82) is 0 Å². The first kappa shape index (κ1) is 22.2. The molecule has 11 heteroatoms. The van der Waals surface area contributed by atoms with E-state index in [4.69, 9.17) is 4.98 Å². The molecule has 2 aliphatic rings. The molecule has 34 heavy (non-hydrogen) atoms. The van der Waals surface area contributed by atoms with E-state index in [2.05, 4.69) is 20.3 Å². The molecule has 8 nitrogen and oxygen atoms in total. The van der Waals surface area contributed by atoms with Crippen LogP contribution in [0.25, 0.3) is 0 Å². The number of rotatable bonds is 7. The number of hydrogen-bond donors (Lipinski definition) is 1. The minimum absolute atomic E-state index is 0.0951. The largest absolute Gasteiger partial charge is 0.350 e. The van der Waals surface area contributed by atoms with Crippen molar-refractivity contribution in [3.63, 3.8) is 0 Å². The summed E-state index contributed by atoms with van der Waals surface area (Å²) in [6.07, 6.45) is 6.66. The predicted octanol–water partition coefficient (Wildman–Crippen LogP) is 3.48. The van der Waals surface area contributed by atoms with Crippen LogP contribution in [0.4, 0.5) is 30.6 Å². The first-order valence-electron chi connectivity index (χ1n) is 11.2. The standard InChI is InChI=1S/C23H24F3N7O/c1-3-32-18-11-28-22(30-20(18)33(4-2)23(5-6-23)21(32)34)27-9-15-10-29-31(13-15)12-14-7-16(24)19(26)17(25)8-14/h7-8,10-11,13H,3-6,9,12H2,1-2H3,(H,27,28,30). The predicted molar refractivity (Wildman–Crippen MR) is 120 cm³/mol. The Morgan fingerprint density at radius 1 is 1.06 bits per heavy atom. The van der Waals surface area contributed by atoms with Crippen molar-refractivity contribution in [2.24, 2.45) is 0 Å². The molecule has 3 aromatic rings. The van der Waals surface area contributed by atoms with Crippen molar-refractivity contribution >= 4 is 23.4 Å². The molecule has 5 rings (SSSR count). The highest BCUT2D eigenvalue weighted by Crippen LogP contribution is 2.51. The lowest BCUT2D eigenvalue weighted by Crippen LogP contribution is -2.56. The zero-order chi connectivity index (χ0) is 24.0. The minimum atomic E-state index is -1.49. The highest BCUT2D eigenvalue weighted by Gasteiger charge is 2.59. The number of likely N-dealkylation sites (N-methyl/N-ethyl adjacent to an activating group) is 2. The summed E-state index contributed by atoms with van der Waals surface area (Å²) in [5, 5.41) is 7.38. The molecular formula is C23H24F3N7O. The van der Waals surface area contributed by atoms with Gasteiger partial charge in [0.1, 0.15) is 11.2 Å². The molecule has 1 fully saturated rings. The number of aromatic nitrogens is 4. The number of fused-ring (bicyclic) bond motifs is 1. The van der Waals surface area contributed by atoms with Gasteiger partial charge in [0.15, 0.2) is 23.3 Å². The zero-order valence-corrected chi connectivity index (χ0v) is 18.9. The summed E-state index contributed by atoms with van der Waals surface area (Å²) in [7, 11) is 0. The fourth-order valence-electron chi connectivity index (χ4n) is 4.54. The van der Waals surface area contributed by atoms with Gasteiger partial charge in [-0.3, -0.25) is 9.48 Å². The van der Waals surface area contributed by atoms with Crippen LogP contribution in [-0.2, 0) is 17.9 Å². The third kappa shape index (κ3) is 3.64. The molecule has 1 amide bonds. The fourth-order valence-corrected chi connectivity index (χ4v) is 4.54. The lowest BCUT2D eigenvalue weighted by Gasteiger charge is -2.41. The second-order valence-corrected chi connectivity index (χ2v) is 8.50. The topological polar surface area (TPSA) is 79.2 Å². The number of benzene rings is 1. The highest BCUT2D eigenvalue weighted by molar-refractivity contribution is 6.09. The van der Waals surface area contributed by atoms with Crippen LogP contribution in [0.15, 0.2) is 30.7 Å². The molecule has 1 saturated carbocycles. The fraction of sp³-hybridized carbons (Fsp3) is 0.391. The van der Waals surface area contributed by atoms with Gasteiger partial charge in [-0.15, -0.1) is 0 Å². The van der Waals surface area contributed by atoms with E-state index >= 15 is 0 Å². The first-order valence-corrected chi connectivity index (χ1v) is 11.2. The number of hydrogen-bond acceptors (Lipinski definition) is 6. The third-order valence-electron chi connectivity index (χ3n) is 6.34. The molecular weight excluding hydrogens is 447 g/mol. The summed E-state index contributed by atoms with van der Waals surface area (Å²) in [5.74, 6) is -2.66. The van der Waals surface area contributed by atoms with Crippen LogP contribution in [-0.4, -0.2) is 44.3 Å². The van der Waals surface area contributed by atoms with E-state index in [0.29, 0.717) is 31.3 Å². The van der Waals surface area contributed by atoms with E-state index in [1.807, 2.05) is 13.8 Å². The van der Waals surface area contributed by atoms with E-state index in [1.54, 1.807) is 23.5 Å². The van der Waals surface area contributed by atoms with Crippen LogP contribution < -0.4 is 15.1 Å². The first-order chi connectivity index (χ1) is 16.4. The molecule has 1 aliphatic carbocycles. The summed E-state index contributed by atoms with van der Waals surface area (Å²) in [4.78, 5) is 25.9. The number of carbonyl (C=O) groups is 1. The van der Waals surface area contributed by atoms with Crippen LogP contribution in [0.5, 0.6) is 0 Å². The van der Waals surface area contributed by atoms with Crippen molar-refractivity contribution in [3.8, 4) is 0 Å². The Balaban J connectivity index is 1.31. The van der Waals surface area contributed by atoms with E-state index in [0.717, 1.165) is 36.4 Å². The van der Waals surface area contributed by atoms with Crippen molar-refractivity contribution in [3.05, 3.63) is 59.3 Å². The van der Waals surface area contributed by atoms with Gasteiger partial charge in [-0.25, -0.2) is 18.2 Å². The van der Waals surface area contributed by atoms with Gasteiger partial charge in [0, 0.05) is 31.4 Å². The van der Waals surface area contributed by atoms with Crippen LogP contribution in [0.3, 0.4) is 0 Å². The Morgan fingerprint density at radius 2 is 1.79 bits per heavy atom. The normalized spacial score (nSPS) is 16.2. The highest BCUT2D eigenvalue weighted by atomic mass is 19.2. The zero-order valence-electron chi connectivity index (χ0n) is 18.9. The second kappa shape index (κ2) is 8.30. The number of amides is 1. The number of nitrogens with zero attached hydrogens (tertiary/aromatic N) is 6. The molecule has 178 valence electrons. The van der Waals surface area contributed by atoms with Gasteiger partial charge in [0.05, 0.1) is 18.9 Å². The molecule has 1 spiro atoms. The Hall–Kier alpha value is -3.63. The summed E-state index contributed by atoms with van der Waals surface area (Å²) in [6.45, 7) is 5.65. The number of anilines is 3. The van der Waals surface area contributed by atoms with Gasteiger partial charge < -0.3 is 15.1 Å². The molecule has 0 unspecified atom stereocenters. The van der Waals surface area contributed by atoms with Gasteiger partial charge in [0.2, 0.25) is 5.95 Å². The molecule has 1 aliphatic heterocycles. The van der Waals surface area contributed by atoms with E-state index in [9.17, 15) is 18.0 Å². The molecule has 1 N–H and O–H groups in total. The van der Waals surface area contributed by atoms with Crippen LogP contribution in [0, 0.1) is 17.5 Å². The van der Waals surface area contributed by atoms with Gasteiger partial charge in [-0.05, 0) is 44.4 Å². The van der Waals surface area contributed by atoms with Crippen molar-refractivity contribution in [2.45, 2.75) is 45.3 Å². The van der Waals surface area contributed by atoms with Gasteiger partial charge in [0.25, 0.3) is 5.91 Å². The Bertz CT molecular complexity index is 1230. The lowest BCUT2D eigenvalue weighted by molar-refractivity contribution is -0.121. The average molecular weight is 471 g/mol. The van der Waals surface area contributed by atoms with Crippen LogP contribution in [0.2, 0.25) is 0 Å². The number of nitrogens with one attached hydrogen (secondary N) is 1. The van der Waals surface area contributed by atoms with Gasteiger partial charge in [-0.1, -0.05) is 0 Å². The van der Waals surface area contributed by atoms with Crippen LogP contribution >= 0.6 is 0 Å². The van der Waals surface area contributed by atoms with Crippen molar-refractivity contribution in [1.82, 2.24) is 19.7 Å². The molecule has 0 atom stereocenters. The lowest BCUT2D eigenvalue weighted by atomic mass is 10.1. The number of carbonyl (C=O) groups excluding carboxylic acids is 1. The molecule has 3 heterocycles. The van der Waals surface area contributed by atoms with Gasteiger partial charge in [-0.2, -0.15) is 10.1 Å². The average Bonchev–Trinajstić information content (AvgIpc) is 3.49. The Morgan fingerprint density at radius 3 is 2.44 bits per heavy atom. The summed E-state index contributed by atoms with van der Waals surface area (Å²) >= 11 is 0. The van der Waals surface area contributed by atoms with Gasteiger partial charge >= 0.3 is 0 Å². The van der Waals surface area contributed by atoms with E-state index in [-0.39, 0.29) is 18.0 Å². The van der Waals surface area contributed by atoms with E-state index < -0.39 is 23.0 Å². The number of halogens is 3. The minimum Gasteiger partial charge on any atom is -0.350 e. The van der Waals surface area contributed by atoms with Crippen molar-refractivity contribution in [2.75, 3.05) is 28.2 Å². The molecule has 0 saturated heterocycles. The maximum Gasteiger partial charge on any atom is 0.253 e. The Labute approximate surface area is 194 Å². The Kier molecular flexibility index (Phi) is 5.41. The third-order valence-corrected chi connectivity index (χ3v) is 6.34. The second-order valence-electron chi connectivity index (χ2n) is 8.50. The smallest absolute Gasteiger partial charge is 0.253 e. The SMILES string of the molecule is CCN1C(=O)C2(CC2)N(CC)c2nc(NCc3cnn(Cc4cc(F)c(F)c(F)c4)c3)ncc21. The maximum absolute atomic E-state index is 13.5. The molecule has 2 aromatic heterocycles. The monoisotopic (exact) mass is 471 g/mol. The maximum atomic E-state index is 13.5. The van der Waals surface area contributed by atoms with Crippen LogP contribution in [0.1, 0.15) is 37.8 Å². The molecule has 1 aromatic carbocycles. The summed E-state index contributed by atoms with van der Waals surface area (Å²) in [6, 6.07) is 1.91. The summed E-state index contributed by atoms with van der Waals surface area (Å²) in [5.41, 5.74) is 1.30. The summed E-state index contributed by atoms with van der Waals surface area (Å²) < 4.78 is 41.6. The molecule has 0 radical (unpaired) electrons.